The van der Waals surface area contributed by atoms with Crippen molar-refractivity contribution in [1.82, 2.24) is 0 Å². The number of carboxylic acids is 1. The Hall–Kier alpha value is -2.50. The highest BCUT2D eigenvalue weighted by Crippen LogP contribution is 2.13. The van der Waals surface area contributed by atoms with Crippen molar-refractivity contribution in [3.63, 3.8) is 0 Å². The largest absolute Gasteiger partial charge is 0.545 e. The minimum absolute atomic E-state index is 0.0648. The van der Waals surface area contributed by atoms with Crippen molar-refractivity contribution in [1.29, 1.82) is 0 Å². The first-order valence-corrected chi connectivity index (χ1v) is 18.9. The van der Waals surface area contributed by atoms with Gasteiger partial charge in [0.05, 0.1) is 39.0 Å². The van der Waals surface area contributed by atoms with Gasteiger partial charge in [-0.25, -0.2) is 9.59 Å². The molecule has 0 heterocycles. The highest BCUT2D eigenvalue weighted by atomic mass is 32.2. The zero-order chi connectivity index (χ0) is 36.6. The lowest BCUT2D eigenvalue weighted by Crippen LogP contribution is -2.43. The Morgan fingerprint density at radius 2 is 1.11 bits per heavy atom. The lowest BCUT2D eigenvalue weighted by molar-refractivity contribution is -0.890. The number of aliphatic carboxylic acids is 1. The number of quaternary nitrogens is 1. The second kappa shape index (κ2) is 32.1. The zero-order valence-corrected chi connectivity index (χ0v) is 31.1. The minimum Gasteiger partial charge on any atom is -0.545 e. The van der Waals surface area contributed by atoms with E-state index in [9.17, 15) is 27.9 Å². The summed E-state index contributed by atoms with van der Waals surface area (Å²) in [4.78, 5) is 31.5. The number of carboxylic acid groups (broad SMARTS) is 1. The average molecular weight is 690 g/mol. The molecule has 0 saturated carbocycles. The molecule has 0 spiro atoms. The molecule has 0 radical (unpaired) electrons. The first-order chi connectivity index (χ1) is 22.0. The van der Waals surface area contributed by atoms with Crippen LogP contribution >= 0.6 is 0 Å². The standard InChI is InChI=1S/C21H40O2.C11H21NO5S.C4H6O2/c1-3-5-6-7-8-9-10-11-12-13-14-15-16-17-18-19-20-23-21(22)4-2;1-10(2)11(13)17-8-7-12(3,4)6-5-9-18(14,15)16;1-3(2)4(5)6/h4H,2-3,5-20H2,1H3;1,5-9H2,2-4H3;1H2,2H3,(H,5,6). The van der Waals surface area contributed by atoms with Gasteiger partial charge in [-0.05, 0) is 25.8 Å². The van der Waals surface area contributed by atoms with E-state index in [-0.39, 0.29) is 23.9 Å². The molecule has 47 heavy (non-hydrogen) atoms. The van der Waals surface area contributed by atoms with Gasteiger partial charge < -0.3 is 23.9 Å². The second-order valence-corrected chi connectivity index (χ2v) is 14.3. The maximum atomic E-state index is 11.1. The van der Waals surface area contributed by atoms with Gasteiger partial charge in [-0.3, -0.25) is 4.55 Å². The van der Waals surface area contributed by atoms with Gasteiger partial charge in [-0.1, -0.05) is 123 Å². The number of hydrogen-bond donors (Lipinski definition) is 1. The fourth-order valence-corrected chi connectivity index (χ4v) is 4.67. The van der Waals surface area contributed by atoms with Crippen LogP contribution in [0.25, 0.3) is 0 Å². The number of esters is 2. The molecule has 1 N–H and O–H groups in total. The Kier molecular flexibility index (Phi) is 33.4. The van der Waals surface area contributed by atoms with Crippen LogP contribution in [0, 0.1) is 0 Å². The Morgan fingerprint density at radius 1 is 0.702 bits per heavy atom. The molecule has 276 valence electrons. The van der Waals surface area contributed by atoms with Crippen LogP contribution in [0.3, 0.4) is 0 Å². The highest BCUT2D eigenvalue weighted by Gasteiger charge is 2.17. The third-order valence-electron chi connectivity index (χ3n) is 7.20. The summed E-state index contributed by atoms with van der Waals surface area (Å²) in [5.74, 6) is -2.16. The van der Waals surface area contributed by atoms with Gasteiger partial charge >= 0.3 is 11.9 Å². The number of rotatable bonds is 27. The molecule has 0 aliphatic carbocycles. The molecule has 0 aliphatic rings. The average Bonchev–Trinajstić information content (AvgIpc) is 2.98. The van der Waals surface area contributed by atoms with E-state index in [1.165, 1.54) is 109 Å². The van der Waals surface area contributed by atoms with Crippen LogP contribution in [0.2, 0.25) is 0 Å². The summed E-state index contributed by atoms with van der Waals surface area (Å²) < 4.78 is 40.2. The van der Waals surface area contributed by atoms with E-state index >= 15 is 0 Å². The van der Waals surface area contributed by atoms with Crippen LogP contribution in [0.5, 0.6) is 0 Å². The van der Waals surface area contributed by atoms with E-state index in [4.69, 9.17) is 14.0 Å². The van der Waals surface area contributed by atoms with Crippen molar-refractivity contribution in [2.45, 2.75) is 130 Å². The zero-order valence-electron chi connectivity index (χ0n) is 30.3. The van der Waals surface area contributed by atoms with E-state index in [0.29, 0.717) is 36.2 Å². The fourth-order valence-electron chi connectivity index (χ4n) is 4.18. The van der Waals surface area contributed by atoms with E-state index in [1.807, 2.05) is 14.1 Å². The van der Waals surface area contributed by atoms with E-state index in [0.717, 1.165) is 6.42 Å². The van der Waals surface area contributed by atoms with Gasteiger partial charge in [0.15, 0.2) is 0 Å². The van der Waals surface area contributed by atoms with Crippen molar-refractivity contribution in [3.8, 4) is 0 Å². The minimum atomic E-state index is -3.90. The Morgan fingerprint density at radius 3 is 1.45 bits per heavy atom. The number of hydrogen-bond acceptors (Lipinski definition) is 8. The molecular formula is C36H67NO9S. The summed E-state index contributed by atoms with van der Waals surface area (Å²) in [5, 5.41) is 9.49. The summed E-state index contributed by atoms with van der Waals surface area (Å²) >= 11 is 0. The molecule has 0 aliphatic heterocycles. The Balaban J connectivity index is -0.000000715. The fraction of sp³-hybridized carbons (Fsp3) is 0.750. The SMILES string of the molecule is C=C(C)C(=O)OCC[N+](C)(C)CCCS(=O)(=O)O.C=C(C)C(=O)[O-].C=CC(=O)OCCCCCCCCCCCCCCCCCC. The van der Waals surface area contributed by atoms with E-state index in [2.05, 4.69) is 26.7 Å². The molecule has 0 bridgehead atoms. The number of carbonyl (C=O) groups is 3. The topological polar surface area (TPSA) is 147 Å². The smallest absolute Gasteiger partial charge is 0.333 e. The Labute approximate surface area is 287 Å². The summed E-state index contributed by atoms with van der Waals surface area (Å²) in [6.45, 7) is 17.1. The van der Waals surface area contributed by atoms with Crippen molar-refractivity contribution in [2.75, 3.05) is 46.2 Å². The molecule has 11 heteroatoms. The molecule has 0 fully saturated rings. The van der Waals surface area contributed by atoms with Crippen LogP contribution in [0.15, 0.2) is 37.0 Å². The first-order valence-electron chi connectivity index (χ1n) is 17.2. The number of carbonyl (C=O) groups excluding carboxylic acids is 3. The van der Waals surface area contributed by atoms with Crippen LogP contribution < -0.4 is 5.11 Å². The van der Waals surface area contributed by atoms with Gasteiger partial charge in [0, 0.05) is 18.1 Å². The normalized spacial score (nSPS) is 10.9. The second-order valence-electron chi connectivity index (χ2n) is 12.7. The number of likely N-dealkylation sites (N-methyl/N-ethyl adjacent to an activating group) is 1. The number of unbranched alkanes of at least 4 members (excludes halogenated alkanes) is 15. The summed E-state index contributed by atoms with van der Waals surface area (Å²) in [6.07, 6.45) is 23.3. The van der Waals surface area contributed by atoms with Gasteiger partial charge in [0.2, 0.25) is 0 Å². The predicted molar refractivity (Wildman–Crippen MR) is 189 cm³/mol. The summed E-state index contributed by atoms with van der Waals surface area (Å²) in [6, 6.07) is 0. The van der Waals surface area contributed by atoms with Gasteiger partial charge in [-0.15, -0.1) is 0 Å². The molecule has 0 atom stereocenters. The van der Waals surface area contributed by atoms with Gasteiger partial charge in [0.1, 0.15) is 13.2 Å². The van der Waals surface area contributed by atoms with Crippen molar-refractivity contribution < 1.29 is 46.4 Å². The molecule has 10 nitrogen and oxygen atoms in total. The molecule has 0 aromatic rings. The van der Waals surface area contributed by atoms with Gasteiger partial charge in [-0.2, -0.15) is 8.42 Å². The first kappa shape index (κ1) is 48.9. The summed E-state index contributed by atoms with van der Waals surface area (Å²) in [7, 11) is -0.0959. The van der Waals surface area contributed by atoms with Crippen molar-refractivity contribution >= 4 is 28.0 Å². The van der Waals surface area contributed by atoms with E-state index < -0.39 is 22.1 Å². The van der Waals surface area contributed by atoms with Crippen LogP contribution in [-0.2, 0) is 34.0 Å². The van der Waals surface area contributed by atoms with Crippen LogP contribution in [-0.4, -0.2) is 81.5 Å². The Bertz CT molecular complexity index is 963. The van der Waals surface area contributed by atoms with Crippen LogP contribution in [0.4, 0.5) is 0 Å². The molecule has 0 rings (SSSR count). The molecule has 0 aromatic heterocycles. The van der Waals surface area contributed by atoms with E-state index in [1.54, 1.807) is 6.92 Å². The molecular weight excluding hydrogens is 622 g/mol. The van der Waals surface area contributed by atoms with Crippen molar-refractivity contribution in [3.05, 3.63) is 37.0 Å². The van der Waals surface area contributed by atoms with Gasteiger partial charge in [0.25, 0.3) is 10.1 Å². The van der Waals surface area contributed by atoms with Crippen LogP contribution in [0.1, 0.15) is 130 Å². The predicted octanol–water partition coefficient (Wildman–Crippen LogP) is 6.75. The highest BCUT2D eigenvalue weighted by molar-refractivity contribution is 7.85. The molecule has 0 amide bonds. The lowest BCUT2D eigenvalue weighted by atomic mass is 10.0. The summed E-state index contributed by atoms with van der Waals surface area (Å²) in [5.41, 5.74) is 0.418. The number of ether oxygens (including phenoxy) is 2. The third-order valence-corrected chi connectivity index (χ3v) is 8.01. The molecule has 0 saturated heterocycles. The molecule has 0 unspecified atom stereocenters. The molecule has 0 aromatic carbocycles. The monoisotopic (exact) mass is 689 g/mol. The number of nitrogens with zero attached hydrogens (tertiary/aromatic N) is 1. The third kappa shape index (κ3) is 43.5. The quantitative estimate of drug-likeness (QED) is 0.0325. The lowest BCUT2D eigenvalue weighted by Gasteiger charge is -2.29. The maximum absolute atomic E-state index is 11.1. The van der Waals surface area contributed by atoms with Crippen molar-refractivity contribution in [2.24, 2.45) is 0 Å². The maximum Gasteiger partial charge on any atom is 0.333 e.